The third-order valence-electron chi connectivity index (χ3n) is 3.07. The predicted molar refractivity (Wildman–Crippen MR) is 80.5 cm³/mol. The van der Waals surface area contributed by atoms with E-state index in [-0.39, 0.29) is 5.82 Å². The van der Waals surface area contributed by atoms with Crippen LogP contribution in [0.1, 0.15) is 26.3 Å². The fourth-order valence-corrected chi connectivity index (χ4v) is 1.94. The number of halogens is 1. The van der Waals surface area contributed by atoms with Crippen molar-refractivity contribution < 1.29 is 9.13 Å². The normalized spacial score (nSPS) is 11.1. The zero-order valence-electron chi connectivity index (χ0n) is 12.9. The van der Waals surface area contributed by atoms with Gasteiger partial charge in [0.05, 0.1) is 6.61 Å². The van der Waals surface area contributed by atoms with E-state index in [0.717, 1.165) is 6.54 Å². The van der Waals surface area contributed by atoms with Crippen molar-refractivity contribution in [2.75, 3.05) is 38.3 Å². The molecule has 5 heteroatoms. The van der Waals surface area contributed by atoms with E-state index in [2.05, 4.69) is 24.1 Å². The Labute approximate surface area is 121 Å². The third kappa shape index (κ3) is 5.06. The lowest BCUT2D eigenvalue weighted by Gasteiger charge is -2.22. The number of rotatable bonds is 9. The second kappa shape index (κ2) is 8.87. The quantitative estimate of drug-likeness (QED) is 0.755. The number of hydrogen-bond acceptors (Lipinski definition) is 4. The minimum atomic E-state index is -0.235. The van der Waals surface area contributed by atoms with Gasteiger partial charge in [-0.1, -0.05) is 13.8 Å². The van der Waals surface area contributed by atoms with Crippen LogP contribution in [-0.4, -0.2) is 38.3 Å². The van der Waals surface area contributed by atoms with Gasteiger partial charge in [-0.15, -0.1) is 0 Å². The van der Waals surface area contributed by atoms with Gasteiger partial charge in [0.2, 0.25) is 0 Å². The molecule has 0 unspecified atom stereocenters. The first-order valence-corrected chi connectivity index (χ1v) is 7.18. The standard InChI is InChI=1S/C15H26FN3O/c1-5-19(8-9-20-4)15-14(16)13(6-7-18-15)11-17-10-12(2)3/h6-7,12,17H,5,8-11H2,1-4H3. The van der Waals surface area contributed by atoms with E-state index in [1.807, 2.05) is 11.8 Å². The van der Waals surface area contributed by atoms with Crippen molar-refractivity contribution in [2.45, 2.75) is 27.3 Å². The van der Waals surface area contributed by atoms with E-state index in [0.29, 0.717) is 43.5 Å². The largest absolute Gasteiger partial charge is 0.383 e. The number of likely N-dealkylation sites (N-methyl/N-ethyl adjacent to an activating group) is 1. The van der Waals surface area contributed by atoms with Gasteiger partial charge < -0.3 is 15.0 Å². The number of methoxy groups -OCH3 is 1. The van der Waals surface area contributed by atoms with E-state index in [4.69, 9.17) is 4.74 Å². The Morgan fingerprint density at radius 2 is 2.20 bits per heavy atom. The summed E-state index contributed by atoms with van der Waals surface area (Å²) in [6.07, 6.45) is 1.67. The van der Waals surface area contributed by atoms with Gasteiger partial charge in [-0.25, -0.2) is 9.37 Å². The molecule has 0 aliphatic carbocycles. The van der Waals surface area contributed by atoms with Gasteiger partial charge in [0.1, 0.15) is 0 Å². The number of anilines is 1. The SMILES string of the molecule is CCN(CCOC)c1nccc(CNCC(C)C)c1F. The molecule has 4 nitrogen and oxygen atoms in total. The summed E-state index contributed by atoms with van der Waals surface area (Å²) in [5, 5.41) is 3.26. The third-order valence-corrected chi connectivity index (χ3v) is 3.07. The Kier molecular flexibility index (Phi) is 7.47. The number of pyridine rings is 1. The fraction of sp³-hybridized carbons (Fsp3) is 0.667. The number of ether oxygens (including phenoxy) is 1. The van der Waals surface area contributed by atoms with Crippen LogP contribution in [0, 0.1) is 11.7 Å². The van der Waals surface area contributed by atoms with E-state index in [9.17, 15) is 4.39 Å². The topological polar surface area (TPSA) is 37.4 Å². The molecule has 0 aliphatic rings. The van der Waals surface area contributed by atoms with Crippen LogP contribution in [0.25, 0.3) is 0 Å². The zero-order chi connectivity index (χ0) is 15.0. The number of hydrogen-bond donors (Lipinski definition) is 1. The van der Waals surface area contributed by atoms with Crippen LogP contribution in [0.5, 0.6) is 0 Å². The molecule has 1 heterocycles. The van der Waals surface area contributed by atoms with Gasteiger partial charge in [-0.3, -0.25) is 0 Å². The minimum Gasteiger partial charge on any atom is -0.383 e. The smallest absolute Gasteiger partial charge is 0.170 e. The van der Waals surface area contributed by atoms with Crippen LogP contribution >= 0.6 is 0 Å². The molecule has 0 saturated heterocycles. The molecule has 0 atom stereocenters. The Morgan fingerprint density at radius 1 is 1.45 bits per heavy atom. The highest BCUT2D eigenvalue weighted by Crippen LogP contribution is 2.19. The maximum Gasteiger partial charge on any atom is 0.170 e. The van der Waals surface area contributed by atoms with Crippen LogP contribution in [0.2, 0.25) is 0 Å². The molecule has 0 aliphatic heterocycles. The number of nitrogens with one attached hydrogen (secondary N) is 1. The summed E-state index contributed by atoms with van der Waals surface area (Å²) < 4.78 is 19.5. The molecule has 0 bridgehead atoms. The van der Waals surface area contributed by atoms with Crippen LogP contribution < -0.4 is 10.2 Å². The average Bonchev–Trinajstić information content (AvgIpc) is 2.42. The molecule has 114 valence electrons. The molecular formula is C15H26FN3O. The van der Waals surface area contributed by atoms with Crippen molar-refractivity contribution >= 4 is 5.82 Å². The zero-order valence-corrected chi connectivity index (χ0v) is 12.9. The molecule has 0 fully saturated rings. The lowest BCUT2D eigenvalue weighted by atomic mass is 10.2. The van der Waals surface area contributed by atoms with Crippen molar-refractivity contribution in [3.05, 3.63) is 23.6 Å². The highest BCUT2D eigenvalue weighted by molar-refractivity contribution is 5.43. The Hall–Kier alpha value is -1.20. The van der Waals surface area contributed by atoms with Crippen LogP contribution in [0.15, 0.2) is 12.3 Å². The minimum absolute atomic E-state index is 0.235. The van der Waals surface area contributed by atoms with E-state index in [1.54, 1.807) is 19.4 Å². The first-order chi connectivity index (χ1) is 9.60. The van der Waals surface area contributed by atoms with E-state index >= 15 is 0 Å². The van der Waals surface area contributed by atoms with Crippen molar-refractivity contribution in [1.29, 1.82) is 0 Å². The fourth-order valence-electron chi connectivity index (χ4n) is 1.94. The van der Waals surface area contributed by atoms with Gasteiger partial charge in [0, 0.05) is 38.5 Å². The summed E-state index contributed by atoms with van der Waals surface area (Å²) in [7, 11) is 1.64. The molecule has 1 rings (SSSR count). The van der Waals surface area contributed by atoms with Crippen LogP contribution in [-0.2, 0) is 11.3 Å². The summed E-state index contributed by atoms with van der Waals surface area (Å²) >= 11 is 0. The highest BCUT2D eigenvalue weighted by atomic mass is 19.1. The molecule has 20 heavy (non-hydrogen) atoms. The summed E-state index contributed by atoms with van der Waals surface area (Å²) in [5.74, 6) is 0.725. The second-order valence-corrected chi connectivity index (χ2v) is 5.20. The predicted octanol–water partition coefficient (Wildman–Crippen LogP) is 2.44. The summed E-state index contributed by atoms with van der Waals surface area (Å²) in [5.41, 5.74) is 0.659. The monoisotopic (exact) mass is 283 g/mol. The molecule has 1 aromatic heterocycles. The summed E-state index contributed by atoms with van der Waals surface area (Å²) in [6, 6.07) is 1.73. The molecule has 0 radical (unpaired) electrons. The number of aromatic nitrogens is 1. The lowest BCUT2D eigenvalue weighted by molar-refractivity contribution is 0.205. The maximum atomic E-state index is 14.5. The Morgan fingerprint density at radius 3 is 2.80 bits per heavy atom. The first kappa shape index (κ1) is 16.9. The molecule has 1 aromatic rings. The molecular weight excluding hydrogens is 257 g/mol. The molecule has 0 amide bonds. The van der Waals surface area contributed by atoms with Gasteiger partial charge in [0.15, 0.2) is 11.6 Å². The average molecular weight is 283 g/mol. The molecule has 0 saturated carbocycles. The highest BCUT2D eigenvalue weighted by Gasteiger charge is 2.14. The molecule has 1 N–H and O–H groups in total. The Bertz CT molecular complexity index is 399. The van der Waals surface area contributed by atoms with Crippen molar-refractivity contribution in [1.82, 2.24) is 10.3 Å². The van der Waals surface area contributed by atoms with Crippen molar-refractivity contribution in [2.24, 2.45) is 5.92 Å². The van der Waals surface area contributed by atoms with Gasteiger partial charge in [0.25, 0.3) is 0 Å². The molecule has 0 aromatic carbocycles. The second-order valence-electron chi connectivity index (χ2n) is 5.20. The lowest BCUT2D eigenvalue weighted by Crippen LogP contribution is -2.29. The van der Waals surface area contributed by atoms with E-state index < -0.39 is 0 Å². The summed E-state index contributed by atoms with van der Waals surface area (Å²) in [4.78, 5) is 6.07. The maximum absolute atomic E-state index is 14.5. The van der Waals surface area contributed by atoms with Gasteiger partial charge >= 0.3 is 0 Å². The Balaban J connectivity index is 2.76. The van der Waals surface area contributed by atoms with Crippen molar-refractivity contribution in [3.63, 3.8) is 0 Å². The summed E-state index contributed by atoms with van der Waals surface area (Å²) in [6.45, 7) is 9.55. The van der Waals surface area contributed by atoms with Gasteiger partial charge in [-0.05, 0) is 25.5 Å². The molecule has 0 spiro atoms. The number of nitrogens with zero attached hydrogens (tertiary/aromatic N) is 2. The van der Waals surface area contributed by atoms with Crippen LogP contribution in [0.3, 0.4) is 0 Å². The van der Waals surface area contributed by atoms with E-state index in [1.165, 1.54) is 0 Å². The van der Waals surface area contributed by atoms with Crippen LogP contribution in [0.4, 0.5) is 10.2 Å². The first-order valence-electron chi connectivity index (χ1n) is 7.18. The van der Waals surface area contributed by atoms with Gasteiger partial charge in [-0.2, -0.15) is 0 Å². The van der Waals surface area contributed by atoms with Crippen molar-refractivity contribution in [3.8, 4) is 0 Å².